The molecule has 2 fully saturated rings. The molecule has 2 N–H and O–H groups in total. The van der Waals surface area contributed by atoms with E-state index in [9.17, 15) is 9.59 Å². The van der Waals surface area contributed by atoms with E-state index in [1.54, 1.807) is 0 Å². The maximum atomic E-state index is 13.1. The predicted octanol–water partition coefficient (Wildman–Crippen LogP) is 5.65. The Morgan fingerprint density at radius 2 is 1.71 bits per heavy atom. The van der Waals surface area contributed by atoms with E-state index in [0.717, 1.165) is 46.7 Å². The third kappa shape index (κ3) is 8.50. The van der Waals surface area contributed by atoms with Gasteiger partial charge in [0, 0.05) is 24.0 Å². The van der Waals surface area contributed by atoms with E-state index < -0.39 is 6.04 Å². The van der Waals surface area contributed by atoms with Crippen LogP contribution in [0.1, 0.15) is 44.1 Å². The first-order valence-electron chi connectivity index (χ1n) is 12.7. The van der Waals surface area contributed by atoms with Crippen molar-refractivity contribution in [3.63, 3.8) is 0 Å². The lowest BCUT2D eigenvalue weighted by molar-refractivity contribution is -0.130. The third-order valence-electron chi connectivity index (χ3n) is 6.67. The second-order valence-electron chi connectivity index (χ2n) is 9.44. The van der Waals surface area contributed by atoms with Crippen molar-refractivity contribution in [3.05, 3.63) is 60.2 Å². The maximum Gasteiger partial charge on any atom is 0.243 e. The van der Waals surface area contributed by atoms with Crippen molar-refractivity contribution in [2.24, 2.45) is 11.8 Å². The molecule has 1 aliphatic carbocycles. The number of para-hydroxylation sites is 1. The first-order chi connectivity index (χ1) is 17.2. The SMILES string of the molecule is O=C(N[C@@H](CSCC1CCCCC1)C(=O)NCc1ccc(Oc2ccccc2)cc1)[C@H]1CCSC1. The van der Waals surface area contributed by atoms with Crippen LogP contribution in [0.4, 0.5) is 0 Å². The summed E-state index contributed by atoms with van der Waals surface area (Å²) in [6.07, 6.45) is 7.47. The van der Waals surface area contributed by atoms with Crippen LogP contribution in [-0.2, 0) is 16.1 Å². The van der Waals surface area contributed by atoms with Gasteiger partial charge in [-0.1, -0.05) is 49.6 Å². The fourth-order valence-corrected chi connectivity index (χ4v) is 7.03. The number of thioether (sulfide) groups is 2. The van der Waals surface area contributed by atoms with E-state index in [2.05, 4.69) is 10.6 Å². The summed E-state index contributed by atoms with van der Waals surface area (Å²) in [5.41, 5.74) is 0.992. The largest absolute Gasteiger partial charge is 0.457 e. The number of carbonyl (C=O) groups is 2. The summed E-state index contributed by atoms with van der Waals surface area (Å²) < 4.78 is 5.84. The molecule has 188 valence electrons. The molecule has 5 nitrogen and oxygen atoms in total. The lowest BCUT2D eigenvalue weighted by atomic mass is 9.91. The zero-order chi connectivity index (χ0) is 24.3. The zero-order valence-corrected chi connectivity index (χ0v) is 21.9. The van der Waals surface area contributed by atoms with E-state index >= 15 is 0 Å². The fourth-order valence-electron chi connectivity index (χ4n) is 4.53. The number of ether oxygens (including phenoxy) is 1. The number of carbonyl (C=O) groups excluding carboxylic acids is 2. The average molecular weight is 513 g/mol. The van der Waals surface area contributed by atoms with Crippen LogP contribution in [-0.4, -0.2) is 40.9 Å². The normalized spacial score (nSPS) is 19.1. The molecule has 0 unspecified atom stereocenters. The lowest BCUT2D eigenvalue weighted by Gasteiger charge is -2.23. The highest BCUT2D eigenvalue weighted by Crippen LogP contribution is 2.27. The highest BCUT2D eigenvalue weighted by atomic mass is 32.2. The minimum absolute atomic E-state index is 0.0239. The molecule has 1 saturated carbocycles. The zero-order valence-electron chi connectivity index (χ0n) is 20.2. The molecule has 2 aromatic rings. The van der Waals surface area contributed by atoms with Gasteiger partial charge in [0.15, 0.2) is 0 Å². The Balaban J connectivity index is 1.28. The molecule has 7 heteroatoms. The molecule has 35 heavy (non-hydrogen) atoms. The van der Waals surface area contributed by atoms with Gasteiger partial charge in [-0.2, -0.15) is 23.5 Å². The molecule has 2 amide bonds. The van der Waals surface area contributed by atoms with Gasteiger partial charge in [0.1, 0.15) is 17.5 Å². The number of hydrogen-bond donors (Lipinski definition) is 2. The van der Waals surface area contributed by atoms with E-state index in [4.69, 9.17) is 4.74 Å². The van der Waals surface area contributed by atoms with Gasteiger partial charge < -0.3 is 15.4 Å². The smallest absolute Gasteiger partial charge is 0.243 e. The van der Waals surface area contributed by atoms with Crippen molar-refractivity contribution in [3.8, 4) is 11.5 Å². The Morgan fingerprint density at radius 1 is 0.971 bits per heavy atom. The summed E-state index contributed by atoms with van der Waals surface area (Å²) in [5.74, 6) is 5.80. The Kier molecular flexibility index (Phi) is 10.3. The minimum atomic E-state index is -0.498. The second kappa shape index (κ2) is 13.8. The molecule has 2 aromatic carbocycles. The first-order valence-corrected chi connectivity index (χ1v) is 15.0. The number of benzene rings is 2. The van der Waals surface area contributed by atoms with E-state index in [1.165, 1.54) is 32.1 Å². The molecular weight excluding hydrogens is 476 g/mol. The van der Waals surface area contributed by atoms with E-state index in [0.29, 0.717) is 12.3 Å². The van der Waals surface area contributed by atoms with Gasteiger partial charge in [-0.3, -0.25) is 9.59 Å². The number of amides is 2. The monoisotopic (exact) mass is 512 g/mol. The Bertz CT molecular complexity index is 927. The molecule has 1 aliphatic heterocycles. The van der Waals surface area contributed by atoms with Crippen molar-refractivity contribution < 1.29 is 14.3 Å². The van der Waals surface area contributed by atoms with Gasteiger partial charge >= 0.3 is 0 Å². The van der Waals surface area contributed by atoms with Crippen LogP contribution in [0.3, 0.4) is 0 Å². The third-order valence-corrected chi connectivity index (χ3v) is 9.10. The number of nitrogens with one attached hydrogen (secondary N) is 2. The maximum absolute atomic E-state index is 13.1. The van der Waals surface area contributed by atoms with E-state index in [-0.39, 0.29) is 17.7 Å². The summed E-state index contributed by atoms with van der Waals surface area (Å²) in [4.78, 5) is 25.8. The first kappa shape index (κ1) is 26.0. The molecule has 2 aliphatic rings. The number of hydrogen-bond acceptors (Lipinski definition) is 5. The average Bonchev–Trinajstić information content (AvgIpc) is 3.44. The fraction of sp³-hybridized carbons (Fsp3) is 0.500. The Hall–Kier alpha value is -2.12. The van der Waals surface area contributed by atoms with Crippen LogP contribution < -0.4 is 15.4 Å². The molecular formula is C28H36N2O3S2. The van der Waals surface area contributed by atoms with Crippen molar-refractivity contribution >= 4 is 35.3 Å². The van der Waals surface area contributed by atoms with Crippen molar-refractivity contribution in [1.29, 1.82) is 0 Å². The van der Waals surface area contributed by atoms with Crippen LogP contribution in [0.25, 0.3) is 0 Å². The van der Waals surface area contributed by atoms with Crippen molar-refractivity contribution in [1.82, 2.24) is 10.6 Å². The van der Waals surface area contributed by atoms with Gasteiger partial charge in [-0.25, -0.2) is 0 Å². The summed E-state index contributed by atoms with van der Waals surface area (Å²) in [5, 5.41) is 6.10. The van der Waals surface area contributed by atoms with Gasteiger partial charge in [-0.05, 0) is 66.5 Å². The standard InChI is InChI=1S/C28H36N2O3S2/c31-27(23-15-16-34-19-23)30-26(20-35-18-22-7-3-1-4-8-22)28(32)29-17-21-11-13-25(14-12-21)33-24-9-5-2-6-10-24/h2,5-6,9-14,22-23,26H,1,3-4,7-8,15-20H2,(H,29,32)(H,30,31)/t23-,26-/m0/s1. The Morgan fingerprint density at radius 3 is 2.43 bits per heavy atom. The van der Waals surface area contributed by atoms with Crippen LogP contribution in [0.5, 0.6) is 11.5 Å². The van der Waals surface area contributed by atoms with Crippen LogP contribution in [0.15, 0.2) is 54.6 Å². The van der Waals surface area contributed by atoms with E-state index in [1.807, 2.05) is 78.1 Å². The molecule has 2 atom stereocenters. The molecule has 0 bridgehead atoms. The summed E-state index contributed by atoms with van der Waals surface area (Å²) >= 11 is 3.62. The molecule has 1 heterocycles. The van der Waals surface area contributed by atoms with Crippen LogP contribution >= 0.6 is 23.5 Å². The molecule has 1 saturated heterocycles. The molecule has 0 radical (unpaired) electrons. The lowest BCUT2D eigenvalue weighted by Crippen LogP contribution is -2.50. The highest BCUT2D eigenvalue weighted by Gasteiger charge is 2.28. The minimum Gasteiger partial charge on any atom is -0.457 e. The quantitative estimate of drug-likeness (QED) is 0.407. The van der Waals surface area contributed by atoms with Gasteiger partial charge in [-0.15, -0.1) is 0 Å². The van der Waals surface area contributed by atoms with Crippen LogP contribution in [0.2, 0.25) is 0 Å². The molecule has 0 aromatic heterocycles. The van der Waals surface area contributed by atoms with Crippen molar-refractivity contribution in [2.45, 2.75) is 51.1 Å². The predicted molar refractivity (Wildman–Crippen MR) is 146 cm³/mol. The Labute approximate surface area is 217 Å². The molecule has 0 spiro atoms. The van der Waals surface area contributed by atoms with Gasteiger partial charge in [0.05, 0.1) is 0 Å². The highest BCUT2D eigenvalue weighted by molar-refractivity contribution is 7.99. The molecule has 4 rings (SSSR count). The van der Waals surface area contributed by atoms with Gasteiger partial charge in [0.2, 0.25) is 11.8 Å². The van der Waals surface area contributed by atoms with Crippen molar-refractivity contribution in [2.75, 3.05) is 23.0 Å². The summed E-state index contributed by atoms with van der Waals surface area (Å²) in [6.45, 7) is 0.420. The van der Waals surface area contributed by atoms with Gasteiger partial charge in [0.25, 0.3) is 0 Å². The summed E-state index contributed by atoms with van der Waals surface area (Å²) in [7, 11) is 0. The van der Waals surface area contributed by atoms with Crippen LogP contribution in [0, 0.1) is 11.8 Å². The number of rotatable bonds is 11. The second-order valence-corrected chi connectivity index (χ2v) is 11.7. The topological polar surface area (TPSA) is 67.4 Å². The summed E-state index contributed by atoms with van der Waals surface area (Å²) in [6, 6.07) is 16.9.